The van der Waals surface area contributed by atoms with Gasteiger partial charge >= 0.3 is 0 Å². The van der Waals surface area contributed by atoms with Gasteiger partial charge in [0.15, 0.2) is 0 Å². The maximum atomic E-state index is 10.7. The molecule has 0 N–H and O–H groups in total. The molecule has 0 unspecified atom stereocenters. The molecule has 0 aromatic rings. The number of hydrogen-bond acceptors (Lipinski definition) is 0. The van der Waals surface area contributed by atoms with Crippen LogP contribution < -0.4 is 0 Å². The Morgan fingerprint density at radius 3 is 1.11 bits per heavy atom. The Bertz CT molecular complexity index is 15.8. The van der Waals surface area contributed by atoms with Gasteiger partial charge in [-0.3, -0.25) is 13.2 Å². The van der Waals surface area contributed by atoms with Gasteiger partial charge in [0.05, 0.1) is 20.5 Å². The second-order valence-corrected chi connectivity index (χ2v) is 0.956. The van der Waals surface area contributed by atoms with Gasteiger partial charge in [-0.2, -0.15) is 0 Å². The number of halogens is 3. The first-order valence-corrected chi connectivity index (χ1v) is 2.83. The fourth-order valence-electron chi connectivity index (χ4n) is 0. The summed E-state index contributed by atoms with van der Waals surface area (Å²) in [6.07, 6.45) is 0.653. The summed E-state index contributed by atoms with van der Waals surface area (Å²) in [6.45, 7) is 2.83. The molecule has 0 rings (SSSR count). The molecule has 0 aliphatic heterocycles. The van der Waals surface area contributed by atoms with Crippen molar-refractivity contribution in [3.8, 4) is 0 Å². The minimum Gasteiger partial charge on any atom is -0.255 e. The second kappa shape index (κ2) is 46.1. The monoisotopic (exact) mass is 144 g/mol. The molecule has 0 aromatic heterocycles. The molecular weight excluding hydrogens is 129 g/mol. The Morgan fingerprint density at radius 2 is 1.11 bits per heavy atom. The normalized spacial score (nSPS) is 6.00. The third-order valence-corrected chi connectivity index (χ3v) is 0.189. The molecule has 0 amide bonds. The van der Waals surface area contributed by atoms with Crippen molar-refractivity contribution in [2.75, 3.05) is 20.5 Å². The summed E-state index contributed by atoms with van der Waals surface area (Å²) in [5, 5.41) is 0. The highest BCUT2D eigenvalue weighted by Crippen LogP contribution is 1.69. The predicted octanol–water partition coefficient (Wildman–Crippen LogP) is 2.93. The Morgan fingerprint density at radius 1 is 1.00 bits per heavy atom. The van der Waals surface area contributed by atoms with Gasteiger partial charge in [0, 0.05) is 0 Å². The molecule has 0 aromatic carbocycles. The molecule has 0 nitrogen and oxygen atoms in total. The van der Waals surface area contributed by atoms with E-state index < -0.39 is 0 Å². The van der Waals surface area contributed by atoms with Crippen molar-refractivity contribution < 1.29 is 13.2 Å². The lowest BCUT2D eigenvalue weighted by molar-refractivity contribution is 0.487. The second-order valence-electron chi connectivity index (χ2n) is 0.956. The highest BCUT2D eigenvalue weighted by atomic mass is 19.1. The van der Waals surface area contributed by atoms with Gasteiger partial charge in [0.2, 0.25) is 0 Å². The summed E-state index contributed by atoms with van der Waals surface area (Å²) in [6, 6.07) is 0. The van der Waals surface area contributed by atoms with Crippen molar-refractivity contribution in [3.63, 3.8) is 0 Å². The van der Waals surface area contributed by atoms with E-state index in [4.69, 9.17) is 0 Å². The summed E-state index contributed by atoms with van der Waals surface area (Å²) in [4.78, 5) is 0. The molecule has 0 bridgehead atoms. The van der Waals surface area contributed by atoms with Crippen LogP contribution in [-0.4, -0.2) is 20.5 Å². The van der Waals surface area contributed by atoms with Crippen LogP contribution >= 0.6 is 0 Å². The van der Waals surface area contributed by atoms with Crippen LogP contribution in [0.1, 0.15) is 20.3 Å². The van der Waals surface area contributed by atoms with Gasteiger partial charge in [0.1, 0.15) is 0 Å². The molecule has 0 atom stereocenters. The topological polar surface area (TPSA) is 0 Å². The van der Waals surface area contributed by atoms with Crippen molar-refractivity contribution in [3.05, 3.63) is 0 Å². The fraction of sp³-hybridized carbons (Fsp3) is 1.00. The van der Waals surface area contributed by atoms with Crippen molar-refractivity contribution in [1.29, 1.82) is 0 Å². The van der Waals surface area contributed by atoms with Crippen molar-refractivity contribution in [1.82, 2.24) is 0 Å². The molecule has 0 saturated carbocycles. The molecule has 60 valence electrons. The van der Waals surface area contributed by atoms with Crippen molar-refractivity contribution >= 4 is 0 Å². The van der Waals surface area contributed by atoms with Crippen LogP contribution in [0.3, 0.4) is 0 Å². The molecule has 0 saturated heterocycles. The zero-order chi connectivity index (χ0) is 8.12. The van der Waals surface area contributed by atoms with E-state index in [9.17, 15) is 13.2 Å². The average Bonchev–Trinajstić information content (AvgIpc) is 1.94. The summed E-state index contributed by atoms with van der Waals surface area (Å²) in [7, 11) is 0.500. The van der Waals surface area contributed by atoms with E-state index >= 15 is 0 Å². The average molecular weight is 144 g/mol. The van der Waals surface area contributed by atoms with Gasteiger partial charge in [-0.05, 0) is 13.3 Å². The van der Waals surface area contributed by atoms with E-state index in [1.54, 1.807) is 6.92 Å². The minimum atomic E-state index is -0.250. The lowest BCUT2D eigenvalue weighted by Crippen LogP contribution is -1.58. The quantitative estimate of drug-likeness (QED) is 0.530. The standard InChI is InChI=1S/C3H7F.C2H5F.CH3F/c1-2-3-4;1-2-3;1-2/h2-3H2,1H3;2H2,1H3;1H3. The molecule has 0 spiro atoms. The molecule has 0 radical (unpaired) electrons. The van der Waals surface area contributed by atoms with Gasteiger partial charge in [-0.1, -0.05) is 6.92 Å². The zero-order valence-electron chi connectivity index (χ0n) is 6.26. The first kappa shape index (κ1) is 15.9. The summed E-state index contributed by atoms with van der Waals surface area (Å²) in [5.74, 6) is 0. The highest BCUT2D eigenvalue weighted by Gasteiger charge is 1.60. The first-order chi connectivity index (χ1) is 4.33. The zero-order valence-corrected chi connectivity index (χ0v) is 6.26. The van der Waals surface area contributed by atoms with E-state index in [2.05, 4.69) is 0 Å². The molecule has 9 heavy (non-hydrogen) atoms. The van der Waals surface area contributed by atoms with Gasteiger partial charge < -0.3 is 0 Å². The van der Waals surface area contributed by atoms with E-state index in [0.717, 1.165) is 0 Å². The third-order valence-electron chi connectivity index (χ3n) is 0.189. The first-order valence-electron chi connectivity index (χ1n) is 2.83. The smallest absolute Gasteiger partial charge is 0.0891 e. The van der Waals surface area contributed by atoms with Crippen LogP contribution in [0.15, 0.2) is 0 Å². The third kappa shape index (κ3) is 418. The summed E-state index contributed by atoms with van der Waals surface area (Å²) >= 11 is 0. The van der Waals surface area contributed by atoms with E-state index in [0.29, 0.717) is 13.6 Å². The van der Waals surface area contributed by atoms with Crippen molar-refractivity contribution in [2.24, 2.45) is 0 Å². The Labute approximate surface area is 55.1 Å². The van der Waals surface area contributed by atoms with Crippen LogP contribution in [-0.2, 0) is 0 Å². The fourth-order valence-corrected chi connectivity index (χ4v) is 0. The summed E-state index contributed by atoms with van der Waals surface area (Å²) in [5.41, 5.74) is 0. The molecule has 0 heterocycles. The van der Waals surface area contributed by atoms with Crippen LogP contribution in [0.25, 0.3) is 0 Å². The predicted molar refractivity (Wildman–Crippen MR) is 34.9 cm³/mol. The Hall–Kier alpha value is -0.210. The largest absolute Gasteiger partial charge is 0.255 e. The Kier molecular flexibility index (Phi) is 81.6. The maximum absolute atomic E-state index is 10.7. The van der Waals surface area contributed by atoms with Crippen LogP contribution in [0.2, 0.25) is 0 Å². The SMILES string of the molecule is CCCF.CCF.CF. The number of rotatable bonds is 1. The van der Waals surface area contributed by atoms with Gasteiger partial charge in [-0.25, -0.2) is 0 Å². The lowest BCUT2D eigenvalue weighted by atomic mass is 10.6. The number of hydrogen-bond donors (Lipinski definition) is 0. The minimum absolute atomic E-state index is 0.181. The maximum Gasteiger partial charge on any atom is 0.0891 e. The van der Waals surface area contributed by atoms with Gasteiger partial charge in [0.25, 0.3) is 0 Å². The van der Waals surface area contributed by atoms with Crippen LogP contribution in [0.4, 0.5) is 13.2 Å². The molecular formula is C6H15F3. The highest BCUT2D eigenvalue weighted by molar-refractivity contribution is 4.11. The van der Waals surface area contributed by atoms with E-state index in [1.807, 2.05) is 0 Å². The molecule has 0 aliphatic carbocycles. The van der Waals surface area contributed by atoms with Crippen LogP contribution in [0, 0.1) is 0 Å². The van der Waals surface area contributed by atoms with Gasteiger partial charge in [-0.15, -0.1) is 0 Å². The van der Waals surface area contributed by atoms with Crippen LogP contribution in [0.5, 0.6) is 0 Å². The molecule has 3 heteroatoms. The van der Waals surface area contributed by atoms with E-state index in [-0.39, 0.29) is 13.3 Å². The lowest BCUT2D eigenvalue weighted by Gasteiger charge is -1.64. The molecule has 0 aliphatic rings. The van der Waals surface area contributed by atoms with E-state index in [1.165, 1.54) is 6.92 Å². The summed E-state index contributed by atoms with van der Waals surface area (Å²) < 4.78 is 30.5. The Balaban J connectivity index is -0.0000000646. The molecule has 0 fully saturated rings. The number of alkyl halides is 3. The van der Waals surface area contributed by atoms with Crippen molar-refractivity contribution in [2.45, 2.75) is 20.3 Å².